The molecule has 0 unspecified atom stereocenters. The predicted molar refractivity (Wildman–Crippen MR) is 74.9 cm³/mol. The highest BCUT2D eigenvalue weighted by Crippen LogP contribution is 2.41. The molecule has 1 saturated carbocycles. The van der Waals surface area contributed by atoms with E-state index in [0.29, 0.717) is 0 Å². The Bertz CT molecular complexity index is 456. The van der Waals surface area contributed by atoms with Crippen LogP contribution in [0, 0.1) is 0 Å². The first-order valence-electron chi connectivity index (χ1n) is 6.63. The molecule has 0 aliphatic heterocycles. The summed E-state index contributed by atoms with van der Waals surface area (Å²) in [6.07, 6.45) is 3.04. The van der Waals surface area contributed by atoms with Gasteiger partial charge in [0.1, 0.15) is 5.75 Å². The van der Waals surface area contributed by atoms with E-state index < -0.39 is 5.54 Å². The minimum Gasteiger partial charge on any atom is -0.497 e. The van der Waals surface area contributed by atoms with Crippen molar-refractivity contribution >= 4 is 5.91 Å². The first-order chi connectivity index (χ1) is 8.87. The van der Waals surface area contributed by atoms with Crippen molar-refractivity contribution in [3.8, 4) is 5.75 Å². The Labute approximate surface area is 114 Å². The number of methoxy groups -OCH3 is 1. The van der Waals surface area contributed by atoms with Gasteiger partial charge in [-0.15, -0.1) is 0 Å². The molecule has 0 aromatic heterocycles. The van der Waals surface area contributed by atoms with Crippen LogP contribution in [0.25, 0.3) is 0 Å². The van der Waals surface area contributed by atoms with Crippen molar-refractivity contribution < 1.29 is 9.53 Å². The van der Waals surface area contributed by atoms with E-state index in [1.54, 1.807) is 21.0 Å². The van der Waals surface area contributed by atoms with Gasteiger partial charge in [-0.05, 0) is 50.8 Å². The van der Waals surface area contributed by atoms with Gasteiger partial charge >= 0.3 is 0 Å². The van der Waals surface area contributed by atoms with Crippen LogP contribution in [0.3, 0.4) is 0 Å². The molecule has 4 nitrogen and oxygen atoms in total. The highest BCUT2D eigenvalue weighted by atomic mass is 16.5. The van der Waals surface area contributed by atoms with Crippen molar-refractivity contribution in [2.75, 3.05) is 7.11 Å². The topological polar surface area (TPSA) is 64.3 Å². The van der Waals surface area contributed by atoms with E-state index in [4.69, 9.17) is 10.5 Å². The minimum atomic E-state index is -0.852. The first-order valence-corrected chi connectivity index (χ1v) is 6.63. The van der Waals surface area contributed by atoms with Gasteiger partial charge in [-0.25, -0.2) is 0 Å². The van der Waals surface area contributed by atoms with Crippen molar-refractivity contribution in [3.05, 3.63) is 29.8 Å². The Morgan fingerprint density at radius 1 is 1.32 bits per heavy atom. The zero-order valence-corrected chi connectivity index (χ0v) is 11.8. The predicted octanol–water partition coefficient (Wildman–Crippen LogP) is 1.93. The zero-order valence-electron chi connectivity index (χ0n) is 11.8. The molecule has 0 spiro atoms. The molecule has 0 bridgehead atoms. The second-order valence-corrected chi connectivity index (χ2v) is 5.84. The van der Waals surface area contributed by atoms with Crippen LogP contribution in [0.1, 0.15) is 38.7 Å². The molecule has 1 aromatic rings. The normalized spacial score (nSPS) is 17.5. The lowest BCUT2D eigenvalue weighted by atomic mass is 9.71. The molecule has 1 fully saturated rings. The highest BCUT2D eigenvalue weighted by Gasteiger charge is 2.41. The van der Waals surface area contributed by atoms with Crippen molar-refractivity contribution in [2.45, 2.75) is 44.2 Å². The Morgan fingerprint density at radius 2 is 1.89 bits per heavy atom. The SMILES string of the molecule is COc1ccc(C2(NC(=O)C(C)(C)N)CCC2)cc1. The number of amides is 1. The van der Waals surface area contributed by atoms with Crippen molar-refractivity contribution in [2.24, 2.45) is 5.73 Å². The lowest BCUT2D eigenvalue weighted by Crippen LogP contribution is -2.58. The Kier molecular flexibility index (Phi) is 3.54. The Balaban J connectivity index is 2.20. The maximum Gasteiger partial charge on any atom is 0.240 e. The third-order valence-corrected chi connectivity index (χ3v) is 3.79. The van der Waals surface area contributed by atoms with Gasteiger partial charge in [-0.2, -0.15) is 0 Å². The molecule has 1 aromatic carbocycles. The molecule has 0 radical (unpaired) electrons. The number of carbonyl (C=O) groups is 1. The summed E-state index contributed by atoms with van der Waals surface area (Å²) in [5, 5.41) is 3.12. The third-order valence-electron chi connectivity index (χ3n) is 3.79. The summed E-state index contributed by atoms with van der Waals surface area (Å²) < 4.78 is 5.16. The smallest absolute Gasteiger partial charge is 0.240 e. The van der Waals surface area contributed by atoms with Gasteiger partial charge in [0, 0.05) is 0 Å². The van der Waals surface area contributed by atoms with Gasteiger partial charge in [0.2, 0.25) is 5.91 Å². The van der Waals surface area contributed by atoms with E-state index in [2.05, 4.69) is 5.32 Å². The Hall–Kier alpha value is -1.55. The zero-order chi connectivity index (χ0) is 14.1. The summed E-state index contributed by atoms with van der Waals surface area (Å²) in [4.78, 5) is 12.1. The van der Waals surface area contributed by atoms with Crippen molar-refractivity contribution in [1.29, 1.82) is 0 Å². The van der Waals surface area contributed by atoms with E-state index in [9.17, 15) is 4.79 Å². The molecule has 3 N–H and O–H groups in total. The molecular weight excluding hydrogens is 240 g/mol. The second-order valence-electron chi connectivity index (χ2n) is 5.84. The fourth-order valence-corrected chi connectivity index (χ4v) is 2.30. The molecular formula is C15H22N2O2. The number of rotatable bonds is 4. The molecule has 104 valence electrons. The van der Waals surface area contributed by atoms with E-state index in [1.165, 1.54) is 0 Å². The molecule has 0 heterocycles. The fraction of sp³-hybridized carbons (Fsp3) is 0.533. The molecule has 1 aliphatic rings. The van der Waals surface area contributed by atoms with Crippen molar-refractivity contribution in [1.82, 2.24) is 5.32 Å². The van der Waals surface area contributed by atoms with Gasteiger partial charge in [0.15, 0.2) is 0 Å². The van der Waals surface area contributed by atoms with Crippen LogP contribution in [0.4, 0.5) is 0 Å². The van der Waals surface area contributed by atoms with Gasteiger partial charge in [-0.1, -0.05) is 12.1 Å². The number of hydrogen-bond donors (Lipinski definition) is 2. The number of carbonyl (C=O) groups excluding carboxylic acids is 1. The molecule has 0 saturated heterocycles. The van der Waals surface area contributed by atoms with E-state index >= 15 is 0 Å². The number of ether oxygens (including phenoxy) is 1. The monoisotopic (exact) mass is 262 g/mol. The summed E-state index contributed by atoms with van der Waals surface area (Å²) in [7, 11) is 1.65. The minimum absolute atomic E-state index is 0.108. The molecule has 1 aliphatic carbocycles. The van der Waals surface area contributed by atoms with Crippen LogP contribution in [0.2, 0.25) is 0 Å². The molecule has 19 heavy (non-hydrogen) atoms. The molecule has 0 atom stereocenters. The third kappa shape index (κ3) is 2.73. The molecule has 4 heteroatoms. The summed E-state index contributed by atoms with van der Waals surface area (Å²) in [6, 6.07) is 7.88. The number of benzene rings is 1. The highest BCUT2D eigenvalue weighted by molar-refractivity contribution is 5.86. The van der Waals surface area contributed by atoms with Gasteiger partial charge in [-0.3, -0.25) is 4.79 Å². The van der Waals surface area contributed by atoms with Gasteiger partial charge in [0.25, 0.3) is 0 Å². The van der Waals surface area contributed by atoms with Gasteiger partial charge in [0.05, 0.1) is 18.2 Å². The summed E-state index contributed by atoms with van der Waals surface area (Å²) in [5.74, 6) is 0.715. The second kappa shape index (κ2) is 4.85. The van der Waals surface area contributed by atoms with Crippen LogP contribution >= 0.6 is 0 Å². The standard InChI is InChI=1S/C15H22N2O2/c1-14(2,16)13(18)17-15(9-4-10-15)11-5-7-12(19-3)8-6-11/h5-8H,4,9-10,16H2,1-3H3,(H,17,18). The lowest BCUT2D eigenvalue weighted by Gasteiger charge is -2.44. The van der Waals surface area contributed by atoms with E-state index in [0.717, 1.165) is 30.6 Å². The van der Waals surface area contributed by atoms with Crippen LogP contribution in [0.5, 0.6) is 5.75 Å². The lowest BCUT2D eigenvalue weighted by molar-refractivity contribution is -0.128. The van der Waals surface area contributed by atoms with Crippen molar-refractivity contribution in [3.63, 3.8) is 0 Å². The first kappa shape index (κ1) is 13.9. The quantitative estimate of drug-likeness (QED) is 0.871. The average Bonchev–Trinajstić information content (AvgIpc) is 2.32. The van der Waals surface area contributed by atoms with Crippen LogP contribution in [-0.4, -0.2) is 18.6 Å². The number of hydrogen-bond acceptors (Lipinski definition) is 3. The largest absolute Gasteiger partial charge is 0.497 e. The van der Waals surface area contributed by atoms with Crippen LogP contribution in [-0.2, 0) is 10.3 Å². The van der Waals surface area contributed by atoms with Crippen LogP contribution in [0.15, 0.2) is 24.3 Å². The summed E-state index contributed by atoms with van der Waals surface area (Å²) in [5.41, 5.74) is 5.88. The Morgan fingerprint density at radius 3 is 2.26 bits per heavy atom. The van der Waals surface area contributed by atoms with E-state index in [1.807, 2.05) is 24.3 Å². The summed E-state index contributed by atoms with van der Waals surface area (Å²) in [6.45, 7) is 3.45. The van der Waals surface area contributed by atoms with E-state index in [-0.39, 0.29) is 11.4 Å². The maximum absolute atomic E-state index is 12.1. The summed E-state index contributed by atoms with van der Waals surface area (Å²) >= 11 is 0. The van der Waals surface area contributed by atoms with Crippen LogP contribution < -0.4 is 15.8 Å². The number of nitrogens with two attached hydrogens (primary N) is 1. The number of nitrogens with one attached hydrogen (secondary N) is 1. The molecule has 1 amide bonds. The van der Waals surface area contributed by atoms with Gasteiger partial charge < -0.3 is 15.8 Å². The average molecular weight is 262 g/mol. The maximum atomic E-state index is 12.1. The fourth-order valence-electron chi connectivity index (χ4n) is 2.30. The molecule has 2 rings (SSSR count).